The predicted octanol–water partition coefficient (Wildman–Crippen LogP) is 3.36. The zero-order valence-corrected chi connectivity index (χ0v) is 16.9. The van der Waals surface area contributed by atoms with E-state index < -0.39 is 0 Å². The van der Waals surface area contributed by atoms with Gasteiger partial charge in [0.25, 0.3) is 0 Å². The summed E-state index contributed by atoms with van der Waals surface area (Å²) in [6.07, 6.45) is 1.40. The summed E-state index contributed by atoms with van der Waals surface area (Å²) in [5.41, 5.74) is 0.801. The Morgan fingerprint density at radius 1 is 1.18 bits per heavy atom. The molecule has 0 spiro atoms. The van der Waals surface area contributed by atoms with E-state index in [1.165, 1.54) is 0 Å². The first-order valence-electron chi connectivity index (χ1n) is 7.23. The normalized spacial score (nSPS) is 10.6. The molecule has 124 valence electrons. The van der Waals surface area contributed by atoms with Crippen LogP contribution in [0.3, 0.4) is 0 Å². The van der Waals surface area contributed by atoms with Gasteiger partial charge in [-0.25, -0.2) is 0 Å². The van der Waals surface area contributed by atoms with Gasteiger partial charge in [0, 0.05) is 36.2 Å². The Kier molecular flexibility index (Phi) is 12.2. The summed E-state index contributed by atoms with van der Waals surface area (Å²) in [5, 5.41) is 9.16. The highest BCUT2D eigenvalue weighted by molar-refractivity contribution is 14.0. The molecular weight excluding hydrogens is 459 g/mol. The lowest BCUT2D eigenvalue weighted by Crippen LogP contribution is -2.38. The topological polar surface area (TPSA) is 65.5 Å². The molecule has 0 aromatic heterocycles. The molecule has 1 rings (SSSR count). The highest BCUT2D eigenvalue weighted by atomic mass is 127. The van der Waals surface area contributed by atoms with Gasteiger partial charge in [0.05, 0.1) is 0 Å². The second-order valence-corrected chi connectivity index (χ2v) is 5.41. The van der Waals surface area contributed by atoms with Crippen LogP contribution < -0.4 is 16.0 Å². The third kappa shape index (κ3) is 9.24. The maximum absolute atomic E-state index is 11.8. The van der Waals surface area contributed by atoms with E-state index in [1.54, 1.807) is 0 Å². The van der Waals surface area contributed by atoms with Crippen LogP contribution in [0.4, 0.5) is 5.69 Å². The first-order chi connectivity index (χ1) is 10.2. The van der Waals surface area contributed by atoms with Crippen LogP contribution in [0.1, 0.15) is 26.7 Å². The summed E-state index contributed by atoms with van der Waals surface area (Å²) >= 11 is 3.36. The molecule has 0 radical (unpaired) electrons. The Bertz CT molecular complexity index is 465. The molecule has 0 aliphatic heterocycles. The number of amides is 1. The monoisotopic (exact) mass is 482 g/mol. The lowest BCUT2D eigenvalue weighted by Gasteiger charge is -2.11. The summed E-state index contributed by atoms with van der Waals surface area (Å²) in [4.78, 5) is 16.2. The van der Waals surface area contributed by atoms with Gasteiger partial charge >= 0.3 is 0 Å². The molecule has 5 nitrogen and oxygen atoms in total. The van der Waals surface area contributed by atoms with E-state index >= 15 is 0 Å². The Labute approximate surface area is 157 Å². The fourth-order valence-corrected chi connectivity index (χ4v) is 1.88. The molecule has 22 heavy (non-hydrogen) atoms. The van der Waals surface area contributed by atoms with Crippen LogP contribution >= 0.6 is 39.9 Å². The number of guanidine groups is 1. The predicted molar refractivity (Wildman–Crippen MR) is 107 cm³/mol. The molecule has 0 aliphatic carbocycles. The Morgan fingerprint density at radius 2 is 1.86 bits per heavy atom. The van der Waals surface area contributed by atoms with Gasteiger partial charge in [0.2, 0.25) is 5.91 Å². The molecule has 0 aliphatic rings. The molecule has 0 fully saturated rings. The van der Waals surface area contributed by atoms with E-state index in [-0.39, 0.29) is 29.9 Å². The number of anilines is 1. The summed E-state index contributed by atoms with van der Waals surface area (Å²) in [6.45, 7) is 6.24. The van der Waals surface area contributed by atoms with Gasteiger partial charge in [-0.1, -0.05) is 22.9 Å². The molecule has 0 unspecified atom stereocenters. The van der Waals surface area contributed by atoms with Crippen molar-refractivity contribution in [2.45, 2.75) is 26.7 Å². The fraction of sp³-hybridized carbons (Fsp3) is 0.467. The lowest BCUT2D eigenvalue weighted by molar-refractivity contribution is -0.116. The number of carbonyl (C=O) groups is 1. The van der Waals surface area contributed by atoms with Crippen molar-refractivity contribution >= 4 is 57.5 Å². The Balaban J connectivity index is 0.00000441. The summed E-state index contributed by atoms with van der Waals surface area (Å²) in [6, 6.07) is 7.52. The van der Waals surface area contributed by atoms with E-state index in [1.807, 2.05) is 31.2 Å². The van der Waals surface area contributed by atoms with Crippen molar-refractivity contribution in [1.29, 1.82) is 0 Å². The minimum absolute atomic E-state index is 0. The van der Waals surface area contributed by atoms with E-state index in [2.05, 4.69) is 43.8 Å². The number of benzene rings is 1. The summed E-state index contributed by atoms with van der Waals surface area (Å²) in [5.74, 6) is 0.743. The molecule has 0 saturated carbocycles. The van der Waals surface area contributed by atoms with E-state index in [0.29, 0.717) is 13.0 Å². The minimum Gasteiger partial charge on any atom is -0.357 e. The second kappa shape index (κ2) is 12.7. The SMILES string of the molecule is CCCN=C(NCC)NCCC(=O)Nc1ccc(Br)cc1.I. The van der Waals surface area contributed by atoms with Gasteiger partial charge in [-0.05, 0) is 37.6 Å². The number of nitrogens with zero attached hydrogens (tertiary/aromatic N) is 1. The van der Waals surface area contributed by atoms with Gasteiger partial charge in [-0.2, -0.15) is 0 Å². The molecular formula is C15H24BrIN4O. The van der Waals surface area contributed by atoms with Crippen LogP contribution in [0.5, 0.6) is 0 Å². The van der Waals surface area contributed by atoms with Gasteiger partial charge in [-0.15, -0.1) is 24.0 Å². The molecule has 1 amide bonds. The van der Waals surface area contributed by atoms with Crippen LogP contribution in [-0.2, 0) is 4.79 Å². The smallest absolute Gasteiger partial charge is 0.226 e. The van der Waals surface area contributed by atoms with E-state index in [9.17, 15) is 4.79 Å². The zero-order valence-electron chi connectivity index (χ0n) is 13.0. The average Bonchev–Trinajstić information content (AvgIpc) is 2.47. The number of nitrogens with one attached hydrogen (secondary N) is 3. The fourth-order valence-electron chi connectivity index (χ4n) is 1.62. The number of aliphatic imine (C=N–C) groups is 1. The second-order valence-electron chi connectivity index (χ2n) is 4.49. The van der Waals surface area contributed by atoms with Crippen molar-refractivity contribution < 1.29 is 4.79 Å². The largest absolute Gasteiger partial charge is 0.357 e. The van der Waals surface area contributed by atoms with Crippen molar-refractivity contribution in [2.24, 2.45) is 4.99 Å². The number of rotatable bonds is 7. The van der Waals surface area contributed by atoms with Crippen molar-refractivity contribution in [3.8, 4) is 0 Å². The molecule has 7 heteroatoms. The quantitative estimate of drug-likeness (QED) is 0.317. The lowest BCUT2D eigenvalue weighted by atomic mass is 10.3. The molecule has 1 aromatic carbocycles. The number of hydrogen-bond acceptors (Lipinski definition) is 2. The molecule has 0 atom stereocenters. The van der Waals surface area contributed by atoms with Gasteiger partial charge in [0.15, 0.2) is 5.96 Å². The third-order valence-electron chi connectivity index (χ3n) is 2.61. The summed E-state index contributed by atoms with van der Waals surface area (Å²) < 4.78 is 0.990. The highest BCUT2D eigenvalue weighted by Crippen LogP contribution is 2.14. The van der Waals surface area contributed by atoms with Crippen molar-refractivity contribution in [1.82, 2.24) is 10.6 Å². The minimum atomic E-state index is -0.0174. The number of hydrogen-bond donors (Lipinski definition) is 3. The van der Waals surface area contributed by atoms with Crippen molar-refractivity contribution in [3.63, 3.8) is 0 Å². The van der Waals surface area contributed by atoms with Crippen molar-refractivity contribution in [2.75, 3.05) is 25.0 Å². The van der Waals surface area contributed by atoms with Crippen LogP contribution in [0, 0.1) is 0 Å². The molecule has 0 heterocycles. The summed E-state index contributed by atoms with van der Waals surface area (Å²) in [7, 11) is 0. The van der Waals surface area contributed by atoms with Gasteiger partial charge in [-0.3, -0.25) is 9.79 Å². The van der Waals surface area contributed by atoms with E-state index in [0.717, 1.165) is 35.6 Å². The molecule has 1 aromatic rings. The van der Waals surface area contributed by atoms with Crippen LogP contribution in [0.2, 0.25) is 0 Å². The maximum atomic E-state index is 11.8. The van der Waals surface area contributed by atoms with Crippen LogP contribution in [0.15, 0.2) is 33.7 Å². The zero-order chi connectivity index (χ0) is 15.5. The van der Waals surface area contributed by atoms with Crippen LogP contribution in [0.25, 0.3) is 0 Å². The molecule has 0 bridgehead atoms. The average molecular weight is 483 g/mol. The van der Waals surface area contributed by atoms with Gasteiger partial charge < -0.3 is 16.0 Å². The Hall–Kier alpha value is -0.830. The molecule has 3 N–H and O–H groups in total. The first kappa shape index (κ1) is 21.2. The molecule has 0 saturated heterocycles. The van der Waals surface area contributed by atoms with Crippen molar-refractivity contribution in [3.05, 3.63) is 28.7 Å². The van der Waals surface area contributed by atoms with Crippen LogP contribution in [-0.4, -0.2) is 31.5 Å². The number of carbonyl (C=O) groups excluding carboxylic acids is 1. The first-order valence-corrected chi connectivity index (χ1v) is 8.02. The highest BCUT2D eigenvalue weighted by Gasteiger charge is 2.03. The van der Waals surface area contributed by atoms with Gasteiger partial charge in [0.1, 0.15) is 0 Å². The maximum Gasteiger partial charge on any atom is 0.226 e. The standard InChI is InChI=1S/C15H23BrN4O.HI/c1-3-10-18-15(17-4-2)19-11-9-14(21)20-13-7-5-12(16)6-8-13;/h5-8H,3-4,9-11H2,1-2H3,(H,20,21)(H2,17,18,19);1H. The third-order valence-corrected chi connectivity index (χ3v) is 3.14. The number of halogens is 2. The Morgan fingerprint density at radius 3 is 2.45 bits per heavy atom. The van der Waals surface area contributed by atoms with E-state index in [4.69, 9.17) is 0 Å².